The summed E-state index contributed by atoms with van der Waals surface area (Å²) in [4.78, 5) is 22.0. The van der Waals surface area contributed by atoms with E-state index in [4.69, 9.17) is 17.3 Å². The molecule has 0 aliphatic heterocycles. The fraction of sp³-hybridized carbons (Fsp3) is 0.222. The maximum atomic E-state index is 11.2. The second-order valence-electron chi connectivity index (χ2n) is 2.63. The Morgan fingerprint density at radius 2 is 2.23 bits per heavy atom. The van der Waals surface area contributed by atoms with E-state index >= 15 is 0 Å². The monoisotopic (exact) mass is 196 g/mol. The molecule has 0 aromatic carbocycles. The minimum Gasteiger partial charge on any atom is -0.481 e. The highest BCUT2D eigenvalue weighted by Gasteiger charge is 2.17. The zero-order valence-corrected chi connectivity index (χ0v) is 7.63. The number of aliphatic carboxylic acids is 1. The second kappa shape index (κ2) is 4.09. The van der Waals surface area contributed by atoms with Gasteiger partial charge >= 0.3 is 5.97 Å². The number of carbonyl (C=O) groups is 2. The summed E-state index contributed by atoms with van der Waals surface area (Å²) in [6.07, 6.45) is 5.17. The largest absolute Gasteiger partial charge is 0.481 e. The molecule has 1 aliphatic carbocycles. The van der Waals surface area contributed by atoms with Crippen LogP contribution in [0.2, 0.25) is 0 Å². The first-order chi connectivity index (χ1) is 6.11. The van der Waals surface area contributed by atoms with Gasteiger partial charge in [-0.25, -0.2) is 0 Å². The molecule has 0 aromatic heterocycles. The number of hydrogen-bond donors (Lipinski definition) is 1. The first-order valence-corrected chi connectivity index (χ1v) is 4.17. The van der Waals surface area contributed by atoms with E-state index in [1.807, 2.05) is 6.08 Å². The Hall–Kier alpha value is -1.29. The summed E-state index contributed by atoms with van der Waals surface area (Å²) in [5, 5.41) is 8.39. The Kier molecular flexibility index (Phi) is 3.08. The fourth-order valence-corrected chi connectivity index (χ4v) is 1.30. The number of carboxylic acids is 1. The van der Waals surface area contributed by atoms with E-state index in [1.165, 1.54) is 0 Å². The van der Waals surface area contributed by atoms with Crippen LogP contribution in [0, 0.1) is 0 Å². The Morgan fingerprint density at radius 1 is 1.54 bits per heavy atom. The zero-order chi connectivity index (χ0) is 9.84. The van der Waals surface area contributed by atoms with Crippen LogP contribution in [0.25, 0.3) is 0 Å². The number of ketones is 1. The van der Waals surface area contributed by atoms with E-state index in [9.17, 15) is 9.59 Å². The maximum absolute atomic E-state index is 11.2. The van der Waals surface area contributed by atoms with E-state index in [-0.39, 0.29) is 0 Å². The second-order valence-corrected chi connectivity index (χ2v) is 3.12. The maximum Gasteiger partial charge on any atom is 0.311 e. The van der Waals surface area contributed by atoms with E-state index in [1.54, 1.807) is 12.2 Å². The van der Waals surface area contributed by atoms with Crippen molar-refractivity contribution in [2.45, 2.75) is 12.8 Å². The average Bonchev–Trinajstić information content (AvgIpc) is 2.03. The molecule has 1 rings (SSSR count). The van der Waals surface area contributed by atoms with Crippen LogP contribution in [0.4, 0.5) is 0 Å². The number of allylic oxidation sites excluding steroid dienone is 4. The lowest BCUT2D eigenvalue weighted by atomic mass is 9.99. The fourth-order valence-electron chi connectivity index (χ4n) is 1.02. The lowest BCUT2D eigenvalue weighted by Gasteiger charge is -2.07. The van der Waals surface area contributed by atoms with E-state index in [0.717, 1.165) is 0 Å². The summed E-state index contributed by atoms with van der Waals surface area (Å²) < 4.78 is 0. The highest BCUT2D eigenvalue weighted by molar-refractivity contribution is 7.81. The van der Waals surface area contributed by atoms with Gasteiger partial charge < -0.3 is 5.11 Å². The lowest BCUT2D eigenvalue weighted by Crippen LogP contribution is -2.15. The quantitative estimate of drug-likeness (QED) is 0.546. The lowest BCUT2D eigenvalue weighted by molar-refractivity contribution is -0.139. The molecule has 3 nitrogen and oxygen atoms in total. The van der Waals surface area contributed by atoms with E-state index in [2.05, 4.69) is 0 Å². The van der Waals surface area contributed by atoms with Gasteiger partial charge in [-0.15, -0.1) is 0 Å². The van der Waals surface area contributed by atoms with Gasteiger partial charge in [0, 0.05) is 16.9 Å². The Balaban J connectivity index is 2.76. The standard InChI is InChI=1S/C9H8O3S/c10-7(5-9(11)12)6-3-1-2-4-8(6)13/h1-3H,4-5H2,(H,11,12). The summed E-state index contributed by atoms with van der Waals surface area (Å²) in [5.74, 6) is -1.54. The molecule has 0 radical (unpaired) electrons. The Labute approximate surface area is 80.7 Å². The molecule has 0 atom stereocenters. The summed E-state index contributed by atoms with van der Waals surface area (Å²) in [7, 11) is 0. The van der Waals surface area contributed by atoms with Gasteiger partial charge in [-0.3, -0.25) is 9.59 Å². The van der Waals surface area contributed by atoms with Gasteiger partial charge in [0.1, 0.15) is 6.42 Å². The minimum absolute atomic E-state index is 0.361. The molecule has 0 spiro atoms. The van der Waals surface area contributed by atoms with Crippen molar-refractivity contribution in [1.82, 2.24) is 0 Å². The number of rotatable bonds is 3. The molecule has 0 unspecified atom stereocenters. The highest BCUT2D eigenvalue weighted by Crippen LogP contribution is 2.12. The first kappa shape index (κ1) is 9.80. The third kappa shape index (κ3) is 2.59. The predicted molar refractivity (Wildman–Crippen MR) is 51.7 cm³/mol. The van der Waals surface area contributed by atoms with Gasteiger partial charge in [-0.1, -0.05) is 30.4 Å². The van der Waals surface area contributed by atoms with Gasteiger partial charge in [0.15, 0.2) is 5.78 Å². The summed E-state index contributed by atoms with van der Waals surface area (Å²) in [6, 6.07) is 0. The molecule has 1 N–H and O–H groups in total. The van der Waals surface area contributed by atoms with Crippen molar-refractivity contribution >= 4 is 28.8 Å². The molecule has 13 heavy (non-hydrogen) atoms. The molecular formula is C9H8O3S. The van der Waals surface area contributed by atoms with E-state index in [0.29, 0.717) is 16.9 Å². The number of hydrogen-bond acceptors (Lipinski definition) is 3. The van der Waals surface area contributed by atoms with Crippen molar-refractivity contribution in [2.24, 2.45) is 0 Å². The number of thiocarbonyl (C=S) groups is 1. The van der Waals surface area contributed by atoms with Crippen molar-refractivity contribution in [2.75, 3.05) is 0 Å². The number of carbonyl (C=O) groups excluding carboxylic acids is 1. The number of carboxylic acid groups (broad SMARTS) is 1. The third-order valence-corrected chi connectivity index (χ3v) is 2.00. The smallest absolute Gasteiger partial charge is 0.311 e. The number of Topliss-reactive ketones (excluding diaryl/α,β-unsaturated/α-hetero) is 1. The topological polar surface area (TPSA) is 54.4 Å². The summed E-state index contributed by atoms with van der Waals surface area (Å²) in [5.41, 5.74) is 0.361. The molecule has 0 amide bonds. The van der Waals surface area contributed by atoms with Crippen LogP contribution >= 0.6 is 12.2 Å². The SMILES string of the molecule is O=C(O)CC(=O)C1=CC=CCC1=S. The summed E-state index contributed by atoms with van der Waals surface area (Å²) >= 11 is 4.92. The van der Waals surface area contributed by atoms with E-state index < -0.39 is 18.2 Å². The van der Waals surface area contributed by atoms with Gasteiger partial charge in [0.05, 0.1) is 0 Å². The van der Waals surface area contributed by atoms with Crippen molar-refractivity contribution in [3.05, 3.63) is 23.8 Å². The average molecular weight is 196 g/mol. The minimum atomic E-state index is -1.12. The van der Waals surface area contributed by atoms with Crippen LogP contribution in [0.15, 0.2) is 23.8 Å². The van der Waals surface area contributed by atoms with Crippen molar-refractivity contribution in [1.29, 1.82) is 0 Å². The molecule has 0 saturated heterocycles. The molecule has 0 fully saturated rings. The van der Waals surface area contributed by atoms with Gasteiger partial charge in [-0.05, 0) is 0 Å². The summed E-state index contributed by atoms with van der Waals surface area (Å²) in [6.45, 7) is 0. The molecule has 4 heteroatoms. The Bertz CT molecular complexity index is 326. The van der Waals surface area contributed by atoms with Crippen LogP contribution in [-0.4, -0.2) is 21.7 Å². The molecule has 1 aliphatic rings. The van der Waals surface area contributed by atoms with Crippen LogP contribution in [0.5, 0.6) is 0 Å². The molecule has 0 aromatic rings. The molecule has 0 bridgehead atoms. The first-order valence-electron chi connectivity index (χ1n) is 3.76. The predicted octanol–water partition coefficient (Wildman–Crippen LogP) is 1.29. The molecular weight excluding hydrogens is 188 g/mol. The molecule has 0 saturated carbocycles. The van der Waals surface area contributed by atoms with Crippen molar-refractivity contribution < 1.29 is 14.7 Å². The van der Waals surface area contributed by atoms with Gasteiger partial charge in [0.2, 0.25) is 0 Å². The molecule has 0 heterocycles. The zero-order valence-electron chi connectivity index (χ0n) is 6.82. The highest BCUT2D eigenvalue weighted by atomic mass is 32.1. The van der Waals surface area contributed by atoms with Crippen LogP contribution in [0.3, 0.4) is 0 Å². The van der Waals surface area contributed by atoms with Gasteiger partial charge in [0.25, 0.3) is 0 Å². The van der Waals surface area contributed by atoms with Crippen molar-refractivity contribution in [3.63, 3.8) is 0 Å². The van der Waals surface area contributed by atoms with Gasteiger partial charge in [-0.2, -0.15) is 0 Å². The van der Waals surface area contributed by atoms with Crippen LogP contribution in [0.1, 0.15) is 12.8 Å². The molecule has 68 valence electrons. The Morgan fingerprint density at radius 3 is 2.77 bits per heavy atom. The van der Waals surface area contributed by atoms with Crippen molar-refractivity contribution in [3.8, 4) is 0 Å². The normalized spacial score (nSPS) is 15.4. The van der Waals surface area contributed by atoms with Crippen LogP contribution < -0.4 is 0 Å². The van der Waals surface area contributed by atoms with Crippen LogP contribution in [-0.2, 0) is 9.59 Å². The third-order valence-electron chi connectivity index (χ3n) is 1.61.